The molecule has 7 heteroatoms. The van der Waals surface area contributed by atoms with Crippen LogP contribution in [0.4, 0.5) is 0 Å². The number of allylic oxidation sites excluding steroid dienone is 3. The van der Waals surface area contributed by atoms with Crippen LogP contribution in [0.2, 0.25) is 0 Å². The van der Waals surface area contributed by atoms with Crippen LogP contribution in [0.25, 0.3) is 11.0 Å². The molecule has 2 aromatic rings. The zero-order valence-corrected chi connectivity index (χ0v) is 14.7. The number of hydrogen-bond acceptors (Lipinski definition) is 4. The molecule has 2 heterocycles. The Labute approximate surface area is 145 Å². The SMILES string of the molecule is CC1(S(=O)(=O)n2ccc3cc(CCC=O)cnc32)C=CC(Cl)=CC1. The van der Waals surface area contributed by atoms with Crippen LogP contribution in [0.15, 0.2) is 47.8 Å². The number of carbonyl (C=O) groups is 1. The van der Waals surface area contributed by atoms with Crippen molar-refractivity contribution in [3.8, 4) is 0 Å². The predicted molar refractivity (Wildman–Crippen MR) is 94.5 cm³/mol. The highest BCUT2D eigenvalue weighted by molar-refractivity contribution is 7.91. The lowest BCUT2D eigenvalue weighted by molar-refractivity contribution is -0.107. The molecular weight excluding hydrogens is 348 g/mol. The zero-order valence-electron chi connectivity index (χ0n) is 13.1. The van der Waals surface area contributed by atoms with Crippen molar-refractivity contribution in [3.05, 3.63) is 53.4 Å². The molecule has 1 aliphatic rings. The van der Waals surface area contributed by atoms with Gasteiger partial charge in [-0.1, -0.05) is 23.8 Å². The second-order valence-electron chi connectivity index (χ2n) is 6.02. The summed E-state index contributed by atoms with van der Waals surface area (Å²) >= 11 is 5.91. The number of aryl methyl sites for hydroxylation is 1. The monoisotopic (exact) mass is 364 g/mol. The zero-order chi connectivity index (χ0) is 17.4. The third-order valence-electron chi connectivity index (χ3n) is 4.25. The van der Waals surface area contributed by atoms with Gasteiger partial charge in [-0.3, -0.25) is 0 Å². The fourth-order valence-electron chi connectivity index (χ4n) is 2.71. The maximum Gasteiger partial charge on any atom is 0.249 e. The van der Waals surface area contributed by atoms with Gasteiger partial charge >= 0.3 is 0 Å². The average molecular weight is 365 g/mol. The lowest BCUT2D eigenvalue weighted by Crippen LogP contribution is -2.38. The minimum atomic E-state index is -3.69. The summed E-state index contributed by atoms with van der Waals surface area (Å²) in [5.74, 6) is 0. The number of hydrogen-bond donors (Lipinski definition) is 0. The summed E-state index contributed by atoms with van der Waals surface area (Å²) < 4.78 is 26.4. The molecule has 1 atom stereocenters. The maximum absolute atomic E-state index is 13.1. The summed E-state index contributed by atoms with van der Waals surface area (Å²) in [7, 11) is -3.69. The van der Waals surface area contributed by atoms with E-state index in [0.717, 1.165) is 17.2 Å². The van der Waals surface area contributed by atoms with Crippen molar-refractivity contribution in [2.24, 2.45) is 0 Å². The van der Waals surface area contributed by atoms with E-state index in [9.17, 15) is 13.2 Å². The number of rotatable bonds is 5. The maximum atomic E-state index is 13.1. The van der Waals surface area contributed by atoms with Crippen LogP contribution in [-0.4, -0.2) is 28.4 Å². The van der Waals surface area contributed by atoms with Crippen LogP contribution in [0.3, 0.4) is 0 Å². The molecule has 0 aliphatic heterocycles. The van der Waals surface area contributed by atoms with E-state index >= 15 is 0 Å². The fourth-order valence-corrected chi connectivity index (χ4v) is 4.43. The largest absolute Gasteiger partial charge is 0.303 e. The minimum Gasteiger partial charge on any atom is -0.303 e. The molecule has 0 saturated carbocycles. The molecule has 126 valence electrons. The van der Waals surface area contributed by atoms with E-state index in [2.05, 4.69) is 4.98 Å². The van der Waals surface area contributed by atoms with Crippen molar-refractivity contribution in [1.29, 1.82) is 0 Å². The molecule has 0 radical (unpaired) electrons. The predicted octanol–water partition coefficient (Wildman–Crippen LogP) is 3.19. The molecule has 0 aromatic carbocycles. The van der Waals surface area contributed by atoms with Crippen LogP contribution in [0.5, 0.6) is 0 Å². The molecule has 5 nitrogen and oxygen atoms in total. The van der Waals surface area contributed by atoms with Gasteiger partial charge in [0.25, 0.3) is 0 Å². The molecule has 1 unspecified atom stereocenters. The van der Waals surface area contributed by atoms with Gasteiger partial charge in [-0.25, -0.2) is 17.4 Å². The molecule has 2 aromatic heterocycles. The van der Waals surface area contributed by atoms with Gasteiger partial charge in [0, 0.05) is 29.2 Å². The van der Waals surface area contributed by atoms with E-state index in [1.807, 2.05) is 6.07 Å². The quantitative estimate of drug-likeness (QED) is 0.764. The first-order valence-electron chi connectivity index (χ1n) is 7.57. The summed E-state index contributed by atoms with van der Waals surface area (Å²) in [6, 6.07) is 3.59. The molecule has 3 rings (SSSR count). The molecule has 0 bridgehead atoms. The molecule has 0 spiro atoms. The second kappa shape index (κ2) is 6.18. The topological polar surface area (TPSA) is 69.0 Å². The standard InChI is InChI=1S/C17H17ClN2O3S/c1-17(7-4-15(18)5-8-17)24(22,23)20-9-6-14-11-13(3-2-10-21)12-19-16(14)20/h4-7,9-12H,2-3,8H2,1H3. The first-order chi connectivity index (χ1) is 11.4. The van der Waals surface area contributed by atoms with Gasteiger partial charge < -0.3 is 4.79 Å². The molecular formula is C17H17ClN2O3S. The first kappa shape index (κ1) is 16.9. The normalized spacial score (nSPS) is 21.0. The van der Waals surface area contributed by atoms with Crippen molar-refractivity contribution in [2.75, 3.05) is 0 Å². The highest BCUT2D eigenvalue weighted by atomic mass is 35.5. The summed E-state index contributed by atoms with van der Waals surface area (Å²) in [6.45, 7) is 1.67. The van der Waals surface area contributed by atoms with E-state index in [0.29, 0.717) is 29.9 Å². The van der Waals surface area contributed by atoms with Gasteiger partial charge in [0.2, 0.25) is 10.0 Å². The number of aromatic nitrogens is 2. The number of carbonyl (C=O) groups excluding carboxylic acids is 1. The van der Waals surface area contributed by atoms with Gasteiger partial charge in [0.1, 0.15) is 11.0 Å². The number of aldehydes is 1. The van der Waals surface area contributed by atoms with Crippen LogP contribution in [0.1, 0.15) is 25.3 Å². The Morgan fingerprint density at radius 3 is 2.92 bits per heavy atom. The molecule has 0 amide bonds. The Hall–Kier alpha value is -1.92. The Balaban J connectivity index is 2.03. The fraction of sp³-hybridized carbons (Fsp3) is 0.294. The number of nitrogens with zero attached hydrogens (tertiary/aromatic N) is 2. The van der Waals surface area contributed by atoms with Gasteiger partial charge in [-0.05, 0) is 43.5 Å². The summed E-state index contributed by atoms with van der Waals surface area (Å²) in [5.41, 5.74) is 1.29. The lowest BCUT2D eigenvalue weighted by Gasteiger charge is -2.27. The summed E-state index contributed by atoms with van der Waals surface area (Å²) in [4.78, 5) is 14.8. The summed E-state index contributed by atoms with van der Waals surface area (Å²) in [6.07, 6.45) is 10.2. The Morgan fingerprint density at radius 2 is 2.25 bits per heavy atom. The smallest absolute Gasteiger partial charge is 0.249 e. The number of halogens is 1. The van der Waals surface area contributed by atoms with Gasteiger partial charge in [0.15, 0.2) is 5.65 Å². The minimum absolute atomic E-state index is 0.307. The molecule has 0 saturated heterocycles. The third kappa shape index (κ3) is 2.80. The van der Waals surface area contributed by atoms with Gasteiger partial charge in [-0.2, -0.15) is 0 Å². The highest BCUT2D eigenvalue weighted by Gasteiger charge is 2.39. The van der Waals surface area contributed by atoms with E-state index in [1.165, 1.54) is 10.2 Å². The van der Waals surface area contributed by atoms with Gasteiger partial charge in [0.05, 0.1) is 0 Å². The first-order valence-corrected chi connectivity index (χ1v) is 9.39. The summed E-state index contributed by atoms with van der Waals surface area (Å²) in [5, 5.41) is 1.27. The molecule has 24 heavy (non-hydrogen) atoms. The van der Waals surface area contributed by atoms with Crippen molar-refractivity contribution in [3.63, 3.8) is 0 Å². The van der Waals surface area contributed by atoms with E-state index in [1.54, 1.807) is 37.4 Å². The van der Waals surface area contributed by atoms with E-state index in [-0.39, 0.29) is 0 Å². The Kier molecular flexibility index (Phi) is 4.36. The average Bonchev–Trinajstić information content (AvgIpc) is 2.99. The molecule has 0 fully saturated rings. The van der Waals surface area contributed by atoms with Crippen LogP contribution >= 0.6 is 11.6 Å². The molecule has 0 N–H and O–H groups in total. The highest BCUT2D eigenvalue weighted by Crippen LogP contribution is 2.33. The van der Waals surface area contributed by atoms with Gasteiger partial charge in [-0.15, -0.1) is 0 Å². The van der Waals surface area contributed by atoms with Crippen molar-refractivity contribution >= 4 is 38.9 Å². The van der Waals surface area contributed by atoms with Crippen LogP contribution in [-0.2, 0) is 21.2 Å². The van der Waals surface area contributed by atoms with Crippen molar-refractivity contribution < 1.29 is 13.2 Å². The number of fused-ring (bicyclic) bond motifs is 1. The van der Waals surface area contributed by atoms with E-state index in [4.69, 9.17) is 11.6 Å². The van der Waals surface area contributed by atoms with Crippen molar-refractivity contribution in [1.82, 2.24) is 8.96 Å². The Morgan fingerprint density at radius 1 is 1.46 bits per heavy atom. The number of pyridine rings is 1. The second-order valence-corrected chi connectivity index (χ2v) is 8.73. The van der Waals surface area contributed by atoms with Crippen LogP contribution < -0.4 is 0 Å². The van der Waals surface area contributed by atoms with E-state index < -0.39 is 14.8 Å². The lowest BCUT2D eigenvalue weighted by atomic mass is 10.0. The van der Waals surface area contributed by atoms with Crippen molar-refractivity contribution in [2.45, 2.75) is 30.9 Å². The van der Waals surface area contributed by atoms with Crippen LogP contribution in [0, 0.1) is 0 Å². The Bertz CT molecular complexity index is 959. The molecule has 1 aliphatic carbocycles. The third-order valence-corrected chi connectivity index (χ3v) is 6.82.